The van der Waals surface area contributed by atoms with Crippen molar-refractivity contribution in [3.05, 3.63) is 23.8 Å². The van der Waals surface area contributed by atoms with E-state index in [1.54, 1.807) is 12.1 Å². The fourth-order valence-electron chi connectivity index (χ4n) is 0.948. The zero-order valence-electron chi connectivity index (χ0n) is 6.25. The summed E-state index contributed by atoms with van der Waals surface area (Å²) >= 11 is 0. The van der Waals surface area contributed by atoms with Crippen LogP contribution in [0.3, 0.4) is 0 Å². The van der Waals surface area contributed by atoms with Crippen molar-refractivity contribution < 1.29 is 5.11 Å². The molecule has 0 fully saturated rings. The van der Waals surface area contributed by atoms with Gasteiger partial charge in [0.25, 0.3) is 0 Å². The third kappa shape index (κ3) is 1.85. The lowest BCUT2D eigenvalue weighted by atomic mass is 10.1. The Hall–Kier alpha value is -1.22. The van der Waals surface area contributed by atoms with Gasteiger partial charge in [-0.15, -0.1) is 0 Å². The largest absolute Gasteiger partial charge is 0.508 e. The summed E-state index contributed by atoms with van der Waals surface area (Å²) in [4.78, 5) is 0. The molecule has 0 bridgehead atoms. The lowest BCUT2D eigenvalue weighted by Crippen LogP contribution is -2.02. The summed E-state index contributed by atoms with van der Waals surface area (Å²) in [5.41, 5.74) is 12.2. The Labute approximate surface area is 65.6 Å². The second-order valence-electron chi connectivity index (χ2n) is 2.43. The van der Waals surface area contributed by atoms with E-state index < -0.39 is 0 Å². The Morgan fingerprint density at radius 3 is 2.64 bits per heavy atom. The van der Waals surface area contributed by atoms with Crippen LogP contribution in [0.2, 0.25) is 0 Å². The van der Waals surface area contributed by atoms with Crippen LogP contribution in [0.25, 0.3) is 0 Å². The smallest absolute Gasteiger partial charge is 0.120 e. The molecule has 1 aromatic carbocycles. The minimum atomic E-state index is 0.232. The molecule has 0 aliphatic rings. The van der Waals surface area contributed by atoms with E-state index in [1.807, 2.05) is 0 Å². The molecule has 0 spiro atoms. The average Bonchev–Trinajstić information content (AvgIpc) is 1.95. The Morgan fingerprint density at radius 2 is 2.09 bits per heavy atom. The molecule has 3 nitrogen and oxygen atoms in total. The van der Waals surface area contributed by atoms with Gasteiger partial charge in [0.05, 0.1) is 0 Å². The van der Waals surface area contributed by atoms with Gasteiger partial charge in [0.15, 0.2) is 0 Å². The summed E-state index contributed by atoms with van der Waals surface area (Å²) in [6.07, 6.45) is 0.687. The number of phenols is 1. The molecule has 0 aliphatic carbocycles. The van der Waals surface area contributed by atoms with Crippen LogP contribution >= 0.6 is 0 Å². The highest BCUT2D eigenvalue weighted by Gasteiger charge is 1.98. The van der Waals surface area contributed by atoms with Crippen LogP contribution in [0.4, 0.5) is 5.69 Å². The van der Waals surface area contributed by atoms with Crippen molar-refractivity contribution in [1.82, 2.24) is 0 Å². The van der Waals surface area contributed by atoms with Gasteiger partial charge in [-0.25, -0.2) is 0 Å². The summed E-state index contributed by atoms with van der Waals surface area (Å²) in [6.45, 7) is 0.539. The van der Waals surface area contributed by atoms with Crippen LogP contribution in [-0.4, -0.2) is 11.7 Å². The first kappa shape index (κ1) is 7.88. The molecule has 0 saturated carbocycles. The molecule has 0 aliphatic heterocycles. The molecular weight excluding hydrogens is 140 g/mol. The van der Waals surface area contributed by atoms with Gasteiger partial charge >= 0.3 is 0 Å². The molecule has 0 amide bonds. The van der Waals surface area contributed by atoms with Gasteiger partial charge in [-0.1, -0.05) is 6.07 Å². The van der Waals surface area contributed by atoms with E-state index in [0.717, 1.165) is 5.56 Å². The molecule has 60 valence electrons. The van der Waals surface area contributed by atoms with Gasteiger partial charge in [0.1, 0.15) is 5.75 Å². The van der Waals surface area contributed by atoms with Crippen LogP contribution in [0.1, 0.15) is 5.56 Å². The Kier molecular flexibility index (Phi) is 2.33. The van der Waals surface area contributed by atoms with E-state index in [-0.39, 0.29) is 5.75 Å². The number of aromatic hydroxyl groups is 1. The van der Waals surface area contributed by atoms with Gasteiger partial charge < -0.3 is 16.6 Å². The van der Waals surface area contributed by atoms with Crippen molar-refractivity contribution in [2.75, 3.05) is 12.3 Å². The first-order valence-corrected chi connectivity index (χ1v) is 3.51. The van der Waals surface area contributed by atoms with Gasteiger partial charge in [-0.2, -0.15) is 0 Å². The van der Waals surface area contributed by atoms with Gasteiger partial charge in [-0.3, -0.25) is 0 Å². The first-order chi connectivity index (χ1) is 5.24. The maximum atomic E-state index is 9.29. The number of phenolic OH excluding ortho intramolecular Hbond substituents is 1. The predicted octanol–water partition coefficient (Wildman–Crippen LogP) is 0.476. The predicted molar refractivity (Wildman–Crippen MR) is 45.3 cm³/mol. The maximum absolute atomic E-state index is 9.29. The van der Waals surface area contributed by atoms with Crippen LogP contribution in [-0.2, 0) is 6.42 Å². The molecule has 0 radical (unpaired) electrons. The van der Waals surface area contributed by atoms with Crippen molar-refractivity contribution in [3.8, 4) is 5.75 Å². The van der Waals surface area contributed by atoms with E-state index >= 15 is 0 Å². The number of anilines is 1. The third-order valence-corrected chi connectivity index (χ3v) is 1.52. The number of rotatable bonds is 2. The summed E-state index contributed by atoms with van der Waals surface area (Å²) in [5, 5.41) is 9.29. The molecule has 0 unspecified atom stereocenters. The van der Waals surface area contributed by atoms with Crippen molar-refractivity contribution in [3.63, 3.8) is 0 Å². The highest BCUT2D eigenvalue weighted by Crippen LogP contribution is 2.19. The highest BCUT2D eigenvalue weighted by atomic mass is 16.3. The second-order valence-corrected chi connectivity index (χ2v) is 2.43. The molecule has 1 rings (SSSR count). The van der Waals surface area contributed by atoms with E-state index in [4.69, 9.17) is 11.5 Å². The first-order valence-electron chi connectivity index (χ1n) is 3.51. The molecule has 0 heterocycles. The van der Waals surface area contributed by atoms with Crippen molar-refractivity contribution in [2.24, 2.45) is 5.73 Å². The third-order valence-electron chi connectivity index (χ3n) is 1.52. The molecule has 0 atom stereocenters. The summed E-state index contributed by atoms with van der Waals surface area (Å²) in [7, 11) is 0. The molecule has 5 N–H and O–H groups in total. The summed E-state index contributed by atoms with van der Waals surface area (Å²) < 4.78 is 0. The molecule has 11 heavy (non-hydrogen) atoms. The summed E-state index contributed by atoms with van der Waals surface area (Å²) in [6, 6.07) is 5.08. The Bertz CT molecular complexity index is 248. The minimum absolute atomic E-state index is 0.232. The maximum Gasteiger partial charge on any atom is 0.120 e. The van der Waals surface area contributed by atoms with Crippen LogP contribution in [0.15, 0.2) is 18.2 Å². The fraction of sp³-hybridized carbons (Fsp3) is 0.250. The van der Waals surface area contributed by atoms with Gasteiger partial charge in [0, 0.05) is 11.8 Å². The lowest BCUT2D eigenvalue weighted by molar-refractivity contribution is 0.468. The average molecular weight is 152 g/mol. The Morgan fingerprint density at radius 1 is 1.36 bits per heavy atom. The fourth-order valence-corrected chi connectivity index (χ4v) is 0.948. The minimum Gasteiger partial charge on any atom is -0.508 e. The topological polar surface area (TPSA) is 72.3 Å². The zero-order valence-corrected chi connectivity index (χ0v) is 6.25. The molecule has 3 heteroatoms. The lowest BCUT2D eigenvalue weighted by Gasteiger charge is -2.02. The SMILES string of the molecule is NCCc1ccc(N)cc1O. The monoisotopic (exact) mass is 152 g/mol. The van der Waals surface area contributed by atoms with Crippen LogP contribution in [0, 0.1) is 0 Å². The number of nitrogen functional groups attached to an aromatic ring is 1. The number of benzene rings is 1. The van der Waals surface area contributed by atoms with Crippen molar-refractivity contribution in [2.45, 2.75) is 6.42 Å². The van der Waals surface area contributed by atoms with Gasteiger partial charge in [-0.05, 0) is 24.6 Å². The standard InChI is InChI=1S/C8H12N2O/c9-4-3-6-1-2-7(10)5-8(6)11/h1-2,5,11H,3-4,9-10H2. The second kappa shape index (κ2) is 3.25. The highest BCUT2D eigenvalue weighted by molar-refractivity contribution is 5.47. The van der Waals surface area contributed by atoms with Crippen LogP contribution in [0.5, 0.6) is 5.75 Å². The molecule has 1 aromatic rings. The molecule has 0 saturated heterocycles. The zero-order chi connectivity index (χ0) is 8.27. The van der Waals surface area contributed by atoms with E-state index in [9.17, 15) is 5.11 Å². The van der Waals surface area contributed by atoms with Crippen molar-refractivity contribution in [1.29, 1.82) is 0 Å². The van der Waals surface area contributed by atoms with E-state index in [1.165, 1.54) is 6.07 Å². The molecular formula is C8H12N2O. The van der Waals surface area contributed by atoms with E-state index in [2.05, 4.69) is 0 Å². The number of nitrogens with two attached hydrogens (primary N) is 2. The Balaban J connectivity index is 2.90. The normalized spacial score (nSPS) is 9.91. The molecule has 0 aromatic heterocycles. The number of hydrogen-bond acceptors (Lipinski definition) is 3. The van der Waals surface area contributed by atoms with E-state index in [0.29, 0.717) is 18.7 Å². The quantitative estimate of drug-likeness (QED) is 0.539. The van der Waals surface area contributed by atoms with Crippen molar-refractivity contribution >= 4 is 5.69 Å². The van der Waals surface area contributed by atoms with Gasteiger partial charge in [0.2, 0.25) is 0 Å². The summed E-state index contributed by atoms with van der Waals surface area (Å²) in [5.74, 6) is 0.232. The van der Waals surface area contributed by atoms with Crippen LogP contribution < -0.4 is 11.5 Å². The number of hydrogen-bond donors (Lipinski definition) is 3.